The highest BCUT2D eigenvalue weighted by molar-refractivity contribution is 8.07. The standard InChI is InChI=1S/C23H18N10O7S4/c1-40-29-12(16-28-22(24)44-30-16)17(34)27-13-18(35)33-14(20(36)37)10(8-41-19(13)33)42-23-26-9(15(43-23)21(38)39)7-31-5-6-32-11(31)3-2-4-25-32/h2-6,13,19H,7-8H2,1H3,(H4-,24,27,28,30,34,36,37,38,39)/p+1/b29-12-/t13-,19?/m1/s1. The van der Waals surface area contributed by atoms with Gasteiger partial charge in [0.05, 0.1) is 6.20 Å². The smallest absolute Gasteiger partial charge is 0.353 e. The van der Waals surface area contributed by atoms with Crippen LogP contribution in [0.4, 0.5) is 5.13 Å². The molecule has 4 aromatic rings. The SMILES string of the molecule is CO/N=C(\C(=O)N[C@@H]1C(=O)N2C(C(=O)O)=C(Sc3nc(C[n+]4ccn5ncccc54)c(C(=O)O)s3)CSC12)c1nsc(N)n1. The number of carboxylic acids is 2. The average molecular weight is 676 g/mol. The van der Waals surface area contributed by atoms with E-state index in [1.807, 2.05) is 6.07 Å². The molecule has 4 aromatic heterocycles. The van der Waals surface area contributed by atoms with Crippen molar-refractivity contribution >= 4 is 86.6 Å². The summed E-state index contributed by atoms with van der Waals surface area (Å²) in [6.45, 7) is 0.145. The van der Waals surface area contributed by atoms with Crippen LogP contribution in [0.25, 0.3) is 5.65 Å². The third kappa shape index (κ3) is 5.33. The number of nitrogens with one attached hydrogen (secondary N) is 1. The summed E-state index contributed by atoms with van der Waals surface area (Å²) in [4.78, 5) is 65.1. The maximum atomic E-state index is 13.2. The predicted octanol–water partition coefficient (Wildman–Crippen LogP) is 0.0974. The second kappa shape index (κ2) is 11.8. The Hall–Kier alpha value is -4.60. The fourth-order valence-corrected chi connectivity index (χ4v) is 8.55. The summed E-state index contributed by atoms with van der Waals surface area (Å²) in [5.74, 6) is -3.88. The lowest BCUT2D eigenvalue weighted by Crippen LogP contribution is -2.71. The van der Waals surface area contributed by atoms with Gasteiger partial charge in [-0.2, -0.15) is 9.36 Å². The van der Waals surface area contributed by atoms with E-state index in [2.05, 4.69) is 29.9 Å². The van der Waals surface area contributed by atoms with Gasteiger partial charge in [-0.3, -0.25) is 14.5 Å². The van der Waals surface area contributed by atoms with Gasteiger partial charge >= 0.3 is 17.6 Å². The van der Waals surface area contributed by atoms with Gasteiger partial charge in [0.15, 0.2) is 15.7 Å². The third-order valence-corrected chi connectivity index (χ3v) is 10.6. The zero-order chi connectivity index (χ0) is 31.1. The molecule has 1 unspecified atom stereocenters. The number of anilines is 1. The zero-order valence-electron chi connectivity index (χ0n) is 22.2. The molecule has 44 heavy (non-hydrogen) atoms. The number of aromatic nitrogens is 6. The summed E-state index contributed by atoms with van der Waals surface area (Å²) >= 11 is 3.99. The van der Waals surface area contributed by atoms with Crippen LogP contribution in [0.3, 0.4) is 0 Å². The minimum Gasteiger partial charge on any atom is -0.477 e. The van der Waals surface area contributed by atoms with Crippen molar-refractivity contribution in [3.05, 3.63) is 57.7 Å². The van der Waals surface area contributed by atoms with Gasteiger partial charge in [-0.15, -0.1) is 16.3 Å². The highest BCUT2D eigenvalue weighted by Gasteiger charge is 2.54. The number of thioether (sulfide) groups is 2. The number of thiazole rings is 1. The van der Waals surface area contributed by atoms with Crippen LogP contribution in [-0.4, -0.2) is 92.8 Å². The number of carbonyl (C=O) groups is 4. The Kier molecular flexibility index (Phi) is 7.92. The monoisotopic (exact) mass is 675 g/mol. The molecular weight excluding hydrogens is 657 g/mol. The molecule has 2 amide bonds. The number of oxime groups is 1. The van der Waals surface area contributed by atoms with Crippen molar-refractivity contribution in [1.29, 1.82) is 0 Å². The van der Waals surface area contributed by atoms with E-state index in [0.717, 1.165) is 45.2 Å². The molecule has 2 atom stereocenters. The van der Waals surface area contributed by atoms with E-state index in [1.54, 1.807) is 33.7 Å². The molecule has 17 nitrogen and oxygen atoms in total. The number of nitrogen functional groups attached to an aromatic ring is 1. The number of amides is 2. The number of nitrogens with zero attached hydrogens (tertiary/aromatic N) is 8. The number of hydrogen-bond donors (Lipinski definition) is 4. The van der Waals surface area contributed by atoms with E-state index >= 15 is 0 Å². The van der Waals surface area contributed by atoms with Crippen molar-refractivity contribution in [1.82, 2.24) is 34.2 Å². The molecule has 0 radical (unpaired) electrons. The Balaban J connectivity index is 1.22. The van der Waals surface area contributed by atoms with E-state index < -0.39 is 35.2 Å². The van der Waals surface area contributed by atoms with Crippen LogP contribution in [0.1, 0.15) is 21.2 Å². The van der Waals surface area contributed by atoms with E-state index in [0.29, 0.717) is 14.9 Å². The lowest BCUT2D eigenvalue weighted by Gasteiger charge is -2.49. The molecule has 0 saturated carbocycles. The van der Waals surface area contributed by atoms with E-state index in [4.69, 9.17) is 10.6 Å². The highest BCUT2D eigenvalue weighted by atomic mass is 32.2. The molecule has 2 aliphatic heterocycles. The van der Waals surface area contributed by atoms with Crippen molar-refractivity contribution in [2.24, 2.45) is 5.16 Å². The molecule has 21 heteroatoms. The van der Waals surface area contributed by atoms with Crippen LogP contribution in [0, 0.1) is 0 Å². The van der Waals surface area contributed by atoms with E-state index in [1.165, 1.54) is 18.9 Å². The summed E-state index contributed by atoms with van der Waals surface area (Å²) in [6, 6.07) is 2.53. The molecule has 0 aliphatic carbocycles. The number of carboxylic acid groups (broad SMARTS) is 2. The fourth-order valence-electron chi connectivity index (χ4n) is 4.47. The fraction of sp³-hybridized carbons (Fsp3) is 0.217. The number of fused-ring (bicyclic) bond motifs is 2. The van der Waals surface area contributed by atoms with Gasteiger partial charge in [-0.25, -0.2) is 19.1 Å². The number of hydrogen-bond acceptors (Lipinski definition) is 15. The Morgan fingerprint density at radius 1 is 1.30 bits per heavy atom. The van der Waals surface area contributed by atoms with Crippen LogP contribution in [-0.2, 0) is 25.8 Å². The highest BCUT2D eigenvalue weighted by Crippen LogP contribution is 2.46. The predicted molar refractivity (Wildman–Crippen MR) is 157 cm³/mol. The van der Waals surface area contributed by atoms with E-state index in [-0.39, 0.29) is 39.5 Å². The molecule has 0 spiro atoms. The van der Waals surface area contributed by atoms with Crippen LogP contribution >= 0.6 is 46.4 Å². The van der Waals surface area contributed by atoms with Crippen molar-refractivity contribution in [2.75, 3.05) is 18.6 Å². The molecule has 2 aliphatic rings. The number of rotatable bonds is 10. The molecule has 1 saturated heterocycles. The van der Waals surface area contributed by atoms with Crippen molar-refractivity contribution in [2.45, 2.75) is 22.3 Å². The van der Waals surface area contributed by atoms with Gasteiger partial charge in [0.2, 0.25) is 11.5 Å². The summed E-state index contributed by atoms with van der Waals surface area (Å²) in [5.41, 5.74) is 6.06. The first-order valence-corrected chi connectivity index (χ1v) is 15.8. The molecule has 226 valence electrons. The largest absolute Gasteiger partial charge is 0.477 e. The quantitative estimate of drug-likeness (QED) is 0.0756. The number of aliphatic carboxylic acids is 1. The molecule has 1 fully saturated rings. The number of nitrogens with two attached hydrogens (primary N) is 1. The Morgan fingerprint density at radius 2 is 2.11 bits per heavy atom. The second-order valence-corrected chi connectivity index (χ2v) is 13.2. The van der Waals surface area contributed by atoms with Gasteiger partial charge in [0.1, 0.15) is 47.5 Å². The Bertz CT molecular complexity index is 1900. The summed E-state index contributed by atoms with van der Waals surface area (Å²) < 4.78 is 7.68. The van der Waals surface area contributed by atoms with Gasteiger partial charge in [-0.05, 0) is 6.07 Å². The van der Waals surface area contributed by atoms with E-state index in [9.17, 15) is 29.4 Å². The summed E-state index contributed by atoms with van der Waals surface area (Å²) in [5, 5.41) is 29.7. The Labute approximate surface area is 262 Å². The third-order valence-electron chi connectivity index (χ3n) is 6.32. The zero-order valence-corrected chi connectivity index (χ0v) is 25.4. The van der Waals surface area contributed by atoms with Crippen molar-refractivity contribution < 1.29 is 38.8 Å². The van der Waals surface area contributed by atoms with Crippen LogP contribution in [0.15, 0.2) is 50.8 Å². The maximum Gasteiger partial charge on any atom is 0.353 e. The molecule has 6 heterocycles. The molecule has 0 bridgehead atoms. The molecule has 6 rings (SSSR count). The lowest BCUT2D eigenvalue weighted by molar-refractivity contribution is -0.662. The topological polar surface area (TPSA) is 231 Å². The molecular formula is C23H19N10O7S4+. The maximum absolute atomic E-state index is 13.2. The number of aromatic carboxylic acids is 1. The van der Waals surface area contributed by atoms with Gasteiger partial charge in [0, 0.05) is 28.3 Å². The van der Waals surface area contributed by atoms with Gasteiger partial charge in [-0.1, -0.05) is 33.4 Å². The number of β-lactam (4-membered cyclic amide) rings is 1. The first kappa shape index (κ1) is 29.5. The van der Waals surface area contributed by atoms with Gasteiger partial charge < -0.3 is 26.1 Å². The van der Waals surface area contributed by atoms with Crippen LogP contribution in [0.2, 0.25) is 0 Å². The summed E-state index contributed by atoms with van der Waals surface area (Å²) in [6.07, 6.45) is 5.11. The number of imidazole rings is 1. The van der Waals surface area contributed by atoms with Gasteiger partial charge in [0.25, 0.3) is 11.8 Å². The molecule has 5 N–H and O–H groups in total. The average Bonchev–Trinajstić information content (AvgIpc) is 3.73. The first-order valence-electron chi connectivity index (χ1n) is 12.3. The first-order chi connectivity index (χ1) is 21.2. The van der Waals surface area contributed by atoms with Crippen molar-refractivity contribution in [3.8, 4) is 0 Å². The summed E-state index contributed by atoms with van der Waals surface area (Å²) in [7, 11) is 1.23. The normalized spacial score (nSPS) is 18.2. The second-order valence-electron chi connectivity index (χ2n) is 8.93. The van der Waals surface area contributed by atoms with Crippen molar-refractivity contribution in [3.63, 3.8) is 0 Å². The number of carbonyl (C=O) groups excluding carboxylic acids is 2. The lowest BCUT2D eigenvalue weighted by atomic mass is 10.0. The van der Waals surface area contributed by atoms with Crippen LogP contribution < -0.4 is 15.6 Å². The van der Waals surface area contributed by atoms with Crippen LogP contribution in [0.5, 0.6) is 0 Å². The molecule has 0 aromatic carbocycles. The minimum atomic E-state index is -1.35. The Morgan fingerprint density at radius 3 is 2.82 bits per heavy atom. The minimum absolute atomic E-state index is 0.00902.